The minimum absolute atomic E-state index is 0.313. The first-order chi connectivity index (χ1) is 9.04. The molecule has 0 fully saturated rings. The summed E-state index contributed by atoms with van der Waals surface area (Å²) in [6.45, 7) is 6.21. The zero-order valence-electron chi connectivity index (χ0n) is 11.5. The first-order valence-corrected chi connectivity index (χ1v) is 7.27. The SMILES string of the molecule is CCOC(=O)c1c(N)sc([C@H]2C=CC(C)=CC2)c1C. The van der Waals surface area contributed by atoms with E-state index in [-0.39, 0.29) is 5.97 Å². The average Bonchev–Trinajstić information content (AvgIpc) is 2.66. The van der Waals surface area contributed by atoms with Gasteiger partial charge in [-0.1, -0.05) is 23.8 Å². The Kier molecular flexibility index (Phi) is 4.10. The highest BCUT2D eigenvalue weighted by molar-refractivity contribution is 7.16. The molecule has 0 saturated heterocycles. The lowest BCUT2D eigenvalue weighted by Gasteiger charge is -2.14. The van der Waals surface area contributed by atoms with Crippen LogP contribution < -0.4 is 5.73 Å². The van der Waals surface area contributed by atoms with Crippen LogP contribution in [0.3, 0.4) is 0 Å². The highest BCUT2D eigenvalue weighted by atomic mass is 32.1. The maximum Gasteiger partial charge on any atom is 0.341 e. The number of nitrogen functional groups attached to an aromatic ring is 1. The lowest BCUT2D eigenvalue weighted by molar-refractivity contribution is 0.0527. The predicted molar refractivity (Wildman–Crippen MR) is 79.7 cm³/mol. The number of hydrogen-bond donors (Lipinski definition) is 1. The molecule has 1 aromatic rings. The molecule has 4 heteroatoms. The van der Waals surface area contributed by atoms with E-state index in [0.717, 1.165) is 12.0 Å². The Morgan fingerprint density at radius 1 is 1.53 bits per heavy atom. The summed E-state index contributed by atoms with van der Waals surface area (Å²) in [6, 6.07) is 0. The highest BCUT2D eigenvalue weighted by Crippen LogP contribution is 2.39. The molecule has 3 nitrogen and oxygen atoms in total. The molecule has 2 N–H and O–H groups in total. The van der Waals surface area contributed by atoms with Crippen molar-refractivity contribution in [2.24, 2.45) is 0 Å². The van der Waals surface area contributed by atoms with Crippen molar-refractivity contribution < 1.29 is 9.53 Å². The molecular weight excluding hydrogens is 258 g/mol. The summed E-state index contributed by atoms with van der Waals surface area (Å²) in [5.74, 6) is 0.00527. The molecule has 2 rings (SSSR count). The van der Waals surface area contributed by atoms with E-state index >= 15 is 0 Å². The third-order valence-electron chi connectivity index (χ3n) is 3.31. The van der Waals surface area contributed by atoms with Crippen molar-refractivity contribution in [3.05, 3.63) is 39.8 Å². The molecule has 102 valence electrons. The normalized spacial score (nSPS) is 18.3. The summed E-state index contributed by atoms with van der Waals surface area (Å²) in [4.78, 5) is 13.1. The lowest BCUT2D eigenvalue weighted by atomic mass is 9.93. The van der Waals surface area contributed by atoms with Crippen LogP contribution in [-0.4, -0.2) is 12.6 Å². The van der Waals surface area contributed by atoms with E-state index in [0.29, 0.717) is 23.1 Å². The molecule has 0 saturated carbocycles. The van der Waals surface area contributed by atoms with Gasteiger partial charge in [0.2, 0.25) is 0 Å². The van der Waals surface area contributed by atoms with Gasteiger partial charge in [0.1, 0.15) is 5.00 Å². The van der Waals surface area contributed by atoms with Crippen LogP contribution in [0.2, 0.25) is 0 Å². The Morgan fingerprint density at radius 2 is 2.26 bits per heavy atom. The Bertz CT molecular complexity index is 555. The Morgan fingerprint density at radius 3 is 2.84 bits per heavy atom. The van der Waals surface area contributed by atoms with E-state index in [9.17, 15) is 4.79 Å². The van der Waals surface area contributed by atoms with E-state index in [1.807, 2.05) is 6.92 Å². The summed E-state index contributed by atoms with van der Waals surface area (Å²) in [5, 5.41) is 0.561. The molecule has 0 aliphatic heterocycles. The van der Waals surface area contributed by atoms with E-state index in [4.69, 9.17) is 10.5 Å². The number of ether oxygens (including phenoxy) is 1. The Hall–Kier alpha value is -1.55. The van der Waals surface area contributed by atoms with Crippen LogP contribution in [0.1, 0.15) is 47.0 Å². The van der Waals surface area contributed by atoms with Crippen LogP contribution in [0.15, 0.2) is 23.8 Å². The van der Waals surface area contributed by atoms with Crippen molar-refractivity contribution in [2.45, 2.75) is 33.1 Å². The van der Waals surface area contributed by atoms with Crippen molar-refractivity contribution in [1.29, 1.82) is 0 Å². The summed E-state index contributed by atoms with van der Waals surface area (Å²) in [5.41, 5.74) is 8.77. The van der Waals surface area contributed by atoms with Gasteiger partial charge < -0.3 is 10.5 Å². The van der Waals surface area contributed by atoms with Crippen LogP contribution in [-0.2, 0) is 4.74 Å². The monoisotopic (exact) mass is 277 g/mol. The quantitative estimate of drug-likeness (QED) is 0.855. The number of allylic oxidation sites excluding steroid dienone is 4. The number of anilines is 1. The van der Waals surface area contributed by atoms with Crippen LogP contribution in [0, 0.1) is 6.92 Å². The standard InChI is InChI=1S/C15H19NO2S/c1-4-18-15(17)12-10(3)13(19-14(12)16)11-7-5-9(2)6-8-11/h5-7,11H,4,8,16H2,1-3H3/t11-/m0/s1. The van der Waals surface area contributed by atoms with Crippen molar-refractivity contribution in [2.75, 3.05) is 12.3 Å². The Labute approximate surface area is 117 Å². The number of thiophene rings is 1. The maximum atomic E-state index is 11.9. The fraction of sp³-hybridized carbons (Fsp3) is 0.400. The first-order valence-electron chi connectivity index (χ1n) is 6.45. The third-order valence-corrected chi connectivity index (χ3v) is 4.57. The van der Waals surface area contributed by atoms with E-state index in [1.165, 1.54) is 21.8 Å². The number of hydrogen-bond acceptors (Lipinski definition) is 4. The molecule has 19 heavy (non-hydrogen) atoms. The van der Waals surface area contributed by atoms with Gasteiger partial charge in [0.05, 0.1) is 12.2 Å². The third kappa shape index (κ3) is 2.73. The molecule has 1 aliphatic rings. The first kappa shape index (κ1) is 13.9. The van der Waals surface area contributed by atoms with Crippen LogP contribution in [0.4, 0.5) is 5.00 Å². The van der Waals surface area contributed by atoms with E-state index < -0.39 is 0 Å². The smallest absolute Gasteiger partial charge is 0.341 e. The van der Waals surface area contributed by atoms with Gasteiger partial charge in [-0.3, -0.25) is 0 Å². The second-order valence-electron chi connectivity index (χ2n) is 4.70. The van der Waals surface area contributed by atoms with Crippen LogP contribution >= 0.6 is 11.3 Å². The van der Waals surface area contributed by atoms with E-state index in [1.54, 1.807) is 6.92 Å². The Balaban J connectivity index is 2.32. The zero-order valence-corrected chi connectivity index (χ0v) is 12.3. The van der Waals surface area contributed by atoms with Gasteiger partial charge in [-0.25, -0.2) is 4.79 Å². The molecule has 0 spiro atoms. The molecular formula is C15H19NO2S. The summed E-state index contributed by atoms with van der Waals surface area (Å²) >= 11 is 1.50. The highest BCUT2D eigenvalue weighted by Gasteiger charge is 2.24. The summed E-state index contributed by atoms with van der Waals surface area (Å²) in [6.07, 6.45) is 7.48. The van der Waals surface area contributed by atoms with Crippen molar-refractivity contribution in [1.82, 2.24) is 0 Å². The molecule has 0 radical (unpaired) electrons. The molecule has 1 aromatic heterocycles. The largest absolute Gasteiger partial charge is 0.462 e. The molecule has 0 aromatic carbocycles. The van der Waals surface area contributed by atoms with Gasteiger partial charge in [-0.2, -0.15) is 0 Å². The van der Waals surface area contributed by atoms with Gasteiger partial charge in [0.25, 0.3) is 0 Å². The van der Waals surface area contributed by atoms with Crippen LogP contribution in [0.5, 0.6) is 0 Å². The second kappa shape index (κ2) is 5.61. The molecule has 1 heterocycles. The predicted octanol–water partition coefficient (Wildman–Crippen LogP) is 3.81. The van der Waals surface area contributed by atoms with Gasteiger partial charge in [0.15, 0.2) is 0 Å². The van der Waals surface area contributed by atoms with Gasteiger partial charge in [0, 0.05) is 10.8 Å². The van der Waals surface area contributed by atoms with E-state index in [2.05, 4.69) is 25.2 Å². The molecule has 0 unspecified atom stereocenters. The van der Waals surface area contributed by atoms with Gasteiger partial charge in [-0.15, -0.1) is 11.3 Å². The fourth-order valence-electron chi connectivity index (χ4n) is 2.29. The number of esters is 1. The molecule has 1 atom stereocenters. The fourth-order valence-corrected chi connectivity index (χ4v) is 3.44. The molecule has 0 amide bonds. The minimum atomic E-state index is -0.313. The van der Waals surface area contributed by atoms with Gasteiger partial charge >= 0.3 is 5.97 Å². The van der Waals surface area contributed by atoms with Crippen molar-refractivity contribution in [3.8, 4) is 0 Å². The maximum absolute atomic E-state index is 11.9. The number of carbonyl (C=O) groups is 1. The van der Waals surface area contributed by atoms with Crippen molar-refractivity contribution in [3.63, 3.8) is 0 Å². The summed E-state index contributed by atoms with van der Waals surface area (Å²) < 4.78 is 5.07. The number of carbonyl (C=O) groups excluding carboxylic acids is 1. The topological polar surface area (TPSA) is 52.3 Å². The zero-order chi connectivity index (χ0) is 14.0. The summed E-state index contributed by atoms with van der Waals surface area (Å²) in [7, 11) is 0. The molecule has 0 bridgehead atoms. The second-order valence-corrected chi connectivity index (χ2v) is 5.78. The number of nitrogens with two attached hydrogens (primary N) is 1. The lowest BCUT2D eigenvalue weighted by Crippen LogP contribution is -2.08. The average molecular weight is 277 g/mol. The molecule has 1 aliphatic carbocycles. The number of rotatable bonds is 3. The van der Waals surface area contributed by atoms with Crippen molar-refractivity contribution >= 4 is 22.3 Å². The minimum Gasteiger partial charge on any atom is -0.462 e. The van der Waals surface area contributed by atoms with Crippen LogP contribution in [0.25, 0.3) is 0 Å². The van der Waals surface area contributed by atoms with Gasteiger partial charge in [-0.05, 0) is 32.8 Å².